The molecule has 0 aromatic heterocycles. The SMILES string of the molecule is CN(C)CC(=O)N1C(C#N)[C@@H](C2=CCC(C#CC3CCCCC3)CC2)[C@@H]1CO. The molecule has 3 aliphatic rings. The van der Waals surface area contributed by atoms with Crippen LogP contribution in [0.4, 0.5) is 0 Å². The molecule has 5 nitrogen and oxygen atoms in total. The maximum atomic E-state index is 12.5. The van der Waals surface area contributed by atoms with E-state index in [2.05, 4.69) is 24.0 Å². The number of aliphatic hydroxyl groups excluding tert-OH is 1. The van der Waals surface area contributed by atoms with Crippen LogP contribution >= 0.6 is 0 Å². The van der Waals surface area contributed by atoms with Crippen LogP contribution in [0.3, 0.4) is 0 Å². The van der Waals surface area contributed by atoms with Crippen molar-refractivity contribution in [2.24, 2.45) is 17.8 Å². The van der Waals surface area contributed by atoms with Crippen molar-refractivity contribution in [3.8, 4) is 17.9 Å². The van der Waals surface area contributed by atoms with Gasteiger partial charge in [0.1, 0.15) is 6.04 Å². The lowest BCUT2D eigenvalue weighted by atomic mass is 9.71. The molecule has 1 saturated carbocycles. The van der Waals surface area contributed by atoms with Gasteiger partial charge in [0, 0.05) is 17.8 Å². The number of nitrogens with zero attached hydrogens (tertiary/aromatic N) is 3. The molecule has 1 saturated heterocycles. The van der Waals surface area contributed by atoms with E-state index in [4.69, 9.17) is 0 Å². The van der Waals surface area contributed by atoms with Crippen molar-refractivity contribution in [2.75, 3.05) is 27.2 Å². The summed E-state index contributed by atoms with van der Waals surface area (Å²) >= 11 is 0. The topological polar surface area (TPSA) is 67.6 Å². The van der Waals surface area contributed by atoms with Crippen molar-refractivity contribution in [3.63, 3.8) is 0 Å². The molecule has 4 atom stereocenters. The molecule has 152 valence electrons. The van der Waals surface area contributed by atoms with E-state index < -0.39 is 6.04 Å². The van der Waals surface area contributed by atoms with Crippen molar-refractivity contribution in [3.05, 3.63) is 11.6 Å². The third-order valence-electron chi connectivity index (χ3n) is 6.44. The predicted octanol–water partition coefficient (Wildman–Crippen LogP) is 2.57. The second-order valence-corrected chi connectivity index (χ2v) is 8.76. The summed E-state index contributed by atoms with van der Waals surface area (Å²) in [6.45, 7) is 0.170. The molecule has 1 heterocycles. The Hall–Kier alpha value is -1.82. The normalized spacial score (nSPS) is 30.7. The van der Waals surface area contributed by atoms with E-state index in [9.17, 15) is 15.2 Å². The van der Waals surface area contributed by atoms with Crippen molar-refractivity contribution >= 4 is 5.91 Å². The maximum absolute atomic E-state index is 12.5. The number of hydrogen-bond donors (Lipinski definition) is 1. The number of nitriles is 1. The van der Waals surface area contributed by atoms with Gasteiger partial charge in [-0.25, -0.2) is 0 Å². The van der Waals surface area contributed by atoms with Crippen LogP contribution in [0.5, 0.6) is 0 Å². The molecule has 2 fully saturated rings. The van der Waals surface area contributed by atoms with Gasteiger partial charge in [0.25, 0.3) is 0 Å². The first-order valence-corrected chi connectivity index (χ1v) is 10.7. The number of likely N-dealkylation sites (N-methyl/N-ethyl adjacent to an activating group) is 1. The van der Waals surface area contributed by atoms with Gasteiger partial charge >= 0.3 is 0 Å². The summed E-state index contributed by atoms with van der Waals surface area (Å²) in [5, 5.41) is 19.5. The van der Waals surface area contributed by atoms with Gasteiger partial charge in [-0.2, -0.15) is 5.26 Å². The highest BCUT2D eigenvalue weighted by Gasteiger charge is 2.52. The Morgan fingerprint density at radius 2 is 1.93 bits per heavy atom. The van der Waals surface area contributed by atoms with Gasteiger partial charge in [-0.05, 0) is 46.2 Å². The lowest BCUT2D eigenvalue weighted by Crippen LogP contribution is -2.68. The summed E-state index contributed by atoms with van der Waals surface area (Å²) in [4.78, 5) is 15.9. The fraction of sp³-hybridized carbons (Fsp3) is 0.739. The number of allylic oxidation sites excluding steroid dienone is 1. The molecule has 0 spiro atoms. The molecule has 5 heteroatoms. The lowest BCUT2D eigenvalue weighted by molar-refractivity contribution is -0.150. The van der Waals surface area contributed by atoms with Crippen LogP contribution < -0.4 is 0 Å². The van der Waals surface area contributed by atoms with E-state index in [0.717, 1.165) is 19.3 Å². The number of rotatable bonds is 4. The molecule has 1 aliphatic heterocycles. The highest BCUT2D eigenvalue weighted by Crippen LogP contribution is 2.42. The van der Waals surface area contributed by atoms with Gasteiger partial charge in [0.2, 0.25) is 5.91 Å². The van der Waals surface area contributed by atoms with Crippen molar-refractivity contribution in [2.45, 2.75) is 63.5 Å². The number of likely N-dealkylation sites (tertiary alicyclic amines) is 1. The summed E-state index contributed by atoms with van der Waals surface area (Å²) in [6.07, 6.45) is 11.6. The van der Waals surface area contributed by atoms with Gasteiger partial charge in [0.05, 0.1) is 25.3 Å². The summed E-state index contributed by atoms with van der Waals surface area (Å²) in [5.41, 5.74) is 1.23. The number of hydrogen-bond acceptors (Lipinski definition) is 4. The Labute approximate surface area is 169 Å². The van der Waals surface area contributed by atoms with E-state index in [0.29, 0.717) is 11.8 Å². The van der Waals surface area contributed by atoms with Crippen LogP contribution in [0.25, 0.3) is 0 Å². The number of carbonyl (C=O) groups excluding carboxylic acids is 1. The molecule has 3 rings (SSSR count). The van der Waals surface area contributed by atoms with Crippen LogP contribution in [0.1, 0.15) is 51.4 Å². The third-order valence-corrected chi connectivity index (χ3v) is 6.44. The minimum Gasteiger partial charge on any atom is -0.394 e. The van der Waals surface area contributed by atoms with Gasteiger partial charge in [-0.3, -0.25) is 4.79 Å². The fourth-order valence-corrected chi connectivity index (χ4v) is 4.92. The first kappa shape index (κ1) is 20.9. The Kier molecular flexibility index (Phi) is 7.16. The van der Waals surface area contributed by atoms with Crippen LogP contribution in [-0.4, -0.2) is 60.1 Å². The molecule has 28 heavy (non-hydrogen) atoms. The van der Waals surface area contributed by atoms with E-state index in [1.54, 1.807) is 9.80 Å². The zero-order valence-electron chi connectivity index (χ0n) is 17.2. The molecule has 1 amide bonds. The fourth-order valence-electron chi connectivity index (χ4n) is 4.92. The Morgan fingerprint density at radius 1 is 1.21 bits per heavy atom. The smallest absolute Gasteiger partial charge is 0.238 e. The average molecular weight is 384 g/mol. The molecule has 0 aromatic carbocycles. The summed E-state index contributed by atoms with van der Waals surface area (Å²) < 4.78 is 0. The summed E-state index contributed by atoms with van der Waals surface area (Å²) in [5.74, 6) is 7.90. The van der Waals surface area contributed by atoms with Gasteiger partial charge < -0.3 is 14.9 Å². The summed E-state index contributed by atoms with van der Waals surface area (Å²) in [6, 6.07) is 1.58. The lowest BCUT2D eigenvalue weighted by Gasteiger charge is -2.53. The van der Waals surface area contributed by atoms with Gasteiger partial charge in [-0.1, -0.05) is 42.8 Å². The quantitative estimate of drug-likeness (QED) is 0.598. The Morgan fingerprint density at radius 3 is 2.50 bits per heavy atom. The zero-order chi connectivity index (χ0) is 20.1. The molecular weight excluding hydrogens is 350 g/mol. The second kappa shape index (κ2) is 9.59. The van der Waals surface area contributed by atoms with Gasteiger partial charge in [0.15, 0.2) is 0 Å². The largest absolute Gasteiger partial charge is 0.394 e. The molecule has 2 aliphatic carbocycles. The van der Waals surface area contributed by atoms with Crippen molar-refractivity contribution in [1.82, 2.24) is 9.80 Å². The third kappa shape index (κ3) is 4.59. The Balaban J connectivity index is 1.62. The molecule has 0 radical (unpaired) electrons. The van der Waals surface area contributed by atoms with Gasteiger partial charge in [-0.15, -0.1) is 0 Å². The first-order chi connectivity index (χ1) is 13.5. The van der Waals surface area contributed by atoms with Crippen molar-refractivity contribution in [1.29, 1.82) is 5.26 Å². The zero-order valence-corrected chi connectivity index (χ0v) is 17.2. The minimum atomic E-state index is -0.458. The van der Waals surface area contributed by atoms with Crippen molar-refractivity contribution < 1.29 is 9.90 Å². The Bertz CT molecular complexity index is 691. The van der Waals surface area contributed by atoms with E-state index in [-0.39, 0.29) is 31.0 Å². The molecule has 0 aromatic rings. The van der Waals surface area contributed by atoms with Crippen LogP contribution in [0.2, 0.25) is 0 Å². The maximum Gasteiger partial charge on any atom is 0.238 e. The number of amides is 1. The number of aliphatic hydroxyl groups is 1. The van der Waals surface area contributed by atoms with Crippen LogP contribution in [0.15, 0.2) is 11.6 Å². The van der Waals surface area contributed by atoms with E-state index >= 15 is 0 Å². The molecule has 2 unspecified atom stereocenters. The first-order valence-electron chi connectivity index (χ1n) is 10.7. The van der Waals surface area contributed by atoms with Crippen LogP contribution in [-0.2, 0) is 4.79 Å². The minimum absolute atomic E-state index is 0.0339. The molecule has 0 bridgehead atoms. The standard InChI is InChI=1S/C23H33N3O2/c1-25(2)15-22(28)26-20(14-24)23(21(26)16-27)19-12-10-18(11-13-19)9-8-17-6-4-3-5-7-17/h12,17-18,20-21,23,27H,3-7,10-11,13,15-16H2,1-2H3/t18?,20?,21-,23+/m0/s1. The average Bonchev–Trinajstić information content (AvgIpc) is 2.67. The van der Waals surface area contributed by atoms with Crippen LogP contribution in [0, 0.1) is 40.9 Å². The van der Waals surface area contributed by atoms with E-state index in [1.165, 1.54) is 37.7 Å². The second-order valence-electron chi connectivity index (χ2n) is 8.76. The molecule has 1 N–H and O–H groups in total. The summed E-state index contributed by atoms with van der Waals surface area (Å²) in [7, 11) is 3.67. The highest BCUT2D eigenvalue weighted by atomic mass is 16.3. The highest BCUT2D eigenvalue weighted by molar-refractivity contribution is 5.80. The van der Waals surface area contributed by atoms with E-state index in [1.807, 2.05) is 14.1 Å². The molecular formula is C23H33N3O2. The predicted molar refractivity (Wildman–Crippen MR) is 109 cm³/mol. The number of carbonyl (C=O) groups is 1. The monoisotopic (exact) mass is 383 g/mol.